The van der Waals surface area contributed by atoms with Gasteiger partial charge in [0.2, 0.25) is 5.91 Å². The number of H-pyrrole nitrogens is 1. The first-order valence-electron chi connectivity index (χ1n) is 14.4. The maximum Gasteiger partial charge on any atom is 0.261 e. The number of carbonyl (C=O) groups excluding carboxylic acids is 1. The predicted octanol–water partition coefficient (Wildman–Crippen LogP) is 5.19. The number of aromatic nitrogens is 2. The number of aryl methyl sites for hydroxylation is 1. The van der Waals surface area contributed by atoms with Crippen LogP contribution in [0.5, 0.6) is 0 Å². The number of nitrogens with one attached hydrogen (secondary N) is 1. The number of piperidine rings is 1. The molecule has 2 fully saturated rings. The third-order valence-corrected chi connectivity index (χ3v) is 9.08. The molecule has 39 heavy (non-hydrogen) atoms. The second kappa shape index (κ2) is 9.88. The molecule has 2 saturated heterocycles. The number of pyridine rings is 1. The van der Waals surface area contributed by atoms with E-state index in [1.807, 2.05) is 18.1 Å². The van der Waals surface area contributed by atoms with Crippen LogP contribution in [0, 0.1) is 0 Å². The van der Waals surface area contributed by atoms with Crippen LogP contribution in [0.25, 0.3) is 22.2 Å². The van der Waals surface area contributed by atoms with Crippen molar-refractivity contribution in [3.8, 4) is 11.3 Å². The minimum Gasteiger partial charge on any atom is -0.354 e. The highest BCUT2D eigenvalue weighted by molar-refractivity contribution is 5.92. The van der Waals surface area contributed by atoms with Gasteiger partial charge in [-0.1, -0.05) is 19.9 Å². The molecule has 0 unspecified atom stereocenters. The summed E-state index contributed by atoms with van der Waals surface area (Å²) in [5.41, 5.74) is 8.23. The molecule has 208 valence electrons. The molecule has 2 aliphatic heterocycles. The number of hydrogen-bond donors (Lipinski definition) is 1. The largest absolute Gasteiger partial charge is 0.354 e. The molecular formula is C31H38F2N4O2. The van der Waals surface area contributed by atoms with Crippen molar-refractivity contribution in [1.29, 1.82) is 0 Å². The number of carbonyl (C=O) groups is 1. The van der Waals surface area contributed by atoms with E-state index in [0.29, 0.717) is 24.9 Å². The molecule has 0 atom stereocenters. The van der Waals surface area contributed by atoms with Crippen LogP contribution in [0.3, 0.4) is 0 Å². The van der Waals surface area contributed by atoms with E-state index in [-0.39, 0.29) is 37.5 Å². The molecule has 8 heteroatoms. The summed E-state index contributed by atoms with van der Waals surface area (Å²) in [6, 6.07) is 6.70. The van der Waals surface area contributed by atoms with Crippen molar-refractivity contribution in [1.82, 2.24) is 19.4 Å². The smallest absolute Gasteiger partial charge is 0.261 e. The average molecular weight is 537 g/mol. The number of hydrogen-bond acceptors (Lipinski definition) is 3. The van der Waals surface area contributed by atoms with Gasteiger partial charge in [0.05, 0.1) is 18.8 Å². The summed E-state index contributed by atoms with van der Waals surface area (Å²) in [6.45, 7) is 5.83. The van der Waals surface area contributed by atoms with Crippen LogP contribution in [0.4, 0.5) is 8.78 Å². The van der Waals surface area contributed by atoms with Gasteiger partial charge in [0.1, 0.15) is 0 Å². The number of nitrogens with zero attached hydrogens (tertiary/aromatic N) is 3. The number of aromatic amines is 1. The highest BCUT2D eigenvalue weighted by Gasteiger charge is 2.39. The molecule has 1 amide bonds. The van der Waals surface area contributed by atoms with E-state index < -0.39 is 5.92 Å². The number of benzene rings is 1. The van der Waals surface area contributed by atoms with Crippen molar-refractivity contribution < 1.29 is 13.6 Å². The third-order valence-electron chi connectivity index (χ3n) is 9.08. The van der Waals surface area contributed by atoms with Crippen LogP contribution in [0.15, 0.2) is 29.2 Å². The first-order chi connectivity index (χ1) is 18.6. The summed E-state index contributed by atoms with van der Waals surface area (Å²) < 4.78 is 28.8. The van der Waals surface area contributed by atoms with E-state index in [9.17, 15) is 18.4 Å². The molecule has 3 aliphatic rings. The van der Waals surface area contributed by atoms with E-state index in [4.69, 9.17) is 0 Å². The molecule has 3 aromatic rings. The number of halogens is 2. The van der Waals surface area contributed by atoms with Crippen molar-refractivity contribution in [3.63, 3.8) is 0 Å². The van der Waals surface area contributed by atoms with Crippen LogP contribution in [-0.4, -0.2) is 63.9 Å². The molecule has 2 aromatic heterocycles. The zero-order valence-corrected chi connectivity index (χ0v) is 23.2. The standard InChI is InChI=1S/C31H38F2N4O2/c1-19(2)28-24-15-21(20-9-12-37(13-10-20)27(38)17-36-14-11-31(32,33)18-36)7-8-26(24)34-29(28)25-16-35(3)30(39)23-6-4-5-22(23)25/h7-8,15-16,19-20,34H,4-6,9-14,17-18H2,1-3H3. The maximum absolute atomic E-state index is 13.5. The zero-order chi connectivity index (χ0) is 27.5. The van der Waals surface area contributed by atoms with Gasteiger partial charge in [-0.3, -0.25) is 14.5 Å². The second-order valence-corrected chi connectivity index (χ2v) is 12.1. The Morgan fingerprint density at radius 1 is 1.13 bits per heavy atom. The Balaban J connectivity index is 1.24. The second-order valence-electron chi connectivity index (χ2n) is 12.1. The van der Waals surface area contributed by atoms with Gasteiger partial charge in [-0.25, -0.2) is 8.78 Å². The van der Waals surface area contributed by atoms with E-state index in [0.717, 1.165) is 54.4 Å². The molecule has 0 saturated carbocycles. The Bertz CT molecular complexity index is 1480. The Morgan fingerprint density at radius 2 is 1.87 bits per heavy atom. The Morgan fingerprint density at radius 3 is 2.56 bits per heavy atom. The maximum atomic E-state index is 13.5. The molecular weight excluding hydrogens is 498 g/mol. The van der Waals surface area contributed by atoms with Gasteiger partial charge in [-0.15, -0.1) is 0 Å². The van der Waals surface area contributed by atoms with Gasteiger partial charge in [-0.2, -0.15) is 0 Å². The van der Waals surface area contributed by atoms with Gasteiger partial charge < -0.3 is 14.5 Å². The highest BCUT2D eigenvalue weighted by atomic mass is 19.3. The van der Waals surface area contributed by atoms with Crippen LogP contribution >= 0.6 is 0 Å². The highest BCUT2D eigenvalue weighted by Crippen LogP contribution is 2.40. The van der Waals surface area contributed by atoms with Gasteiger partial charge in [0, 0.05) is 61.3 Å². The predicted molar refractivity (Wildman–Crippen MR) is 150 cm³/mol. The number of alkyl halides is 2. The van der Waals surface area contributed by atoms with Gasteiger partial charge in [0.25, 0.3) is 11.5 Å². The molecule has 1 aromatic carbocycles. The van der Waals surface area contributed by atoms with Gasteiger partial charge >= 0.3 is 0 Å². The SMILES string of the molecule is CC(C)c1c(-c2cn(C)c(=O)c3c2CCC3)[nH]c2ccc(C3CCN(C(=O)CN4CCC(F)(F)C4)CC3)cc12. The minimum absolute atomic E-state index is 0.0382. The van der Waals surface area contributed by atoms with Crippen LogP contribution in [0.2, 0.25) is 0 Å². The topological polar surface area (TPSA) is 61.3 Å². The summed E-state index contributed by atoms with van der Waals surface area (Å²) >= 11 is 0. The molecule has 4 heterocycles. The Hall–Kier alpha value is -3.00. The van der Waals surface area contributed by atoms with E-state index in [1.165, 1.54) is 22.1 Å². The average Bonchev–Trinajstić information content (AvgIpc) is 3.62. The lowest BCUT2D eigenvalue weighted by molar-refractivity contribution is -0.133. The molecule has 0 bridgehead atoms. The van der Waals surface area contributed by atoms with Gasteiger partial charge in [0.15, 0.2) is 0 Å². The summed E-state index contributed by atoms with van der Waals surface area (Å²) in [6.07, 6.45) is 6.40. The summed E-state index contributed by atoms with van der Waals surface area (Å²) in [7, 11) is 1.84. The fourth-order valence-electron chi connectivity index (χ4n) is 7.03. The summed E-state index contributed by atoms with van der Waals surface area (Å²) in [5, 5.41) is 1.23. The van der Waals surface area contributed by atoms with Crippen LogP contribution in [0.1, 0.15) is 73.6 Å². The minimum atomic E-state index is -2.67. The van der Waals surface area contributed by atoms with Crippen molar-refractivity contribution >= 4 is 16.8 Å². The quantitative estimate of drug-likeness (QED) is 0.488. The fourth-order valence-corrected chi connectivity index (χ4v) is 7.03. The van der Waals surface area contributed by atoms with E-state index in [2.05, 4.69) is 37.0 Å². The van der Waals surface area contributed by atoms with Crippen molar-refractivity contribution in [2.75, 3.05) is 32.7 Å². The number of rotatable bonds is 5. The molecule has 0 spiro atoms. The normalized spacial score (nSPS) is 19.9. The lowest BCUT2D eigenvalue weighted by atomic mass is 9.87. The first-order valence-corrected chi connectivity index (χ1v) is 14.4. The monoisotopic (exact) mass is 536 g/mol. The zero-order valence-electron chi connectivity index (χ0n) is 23.2. The van der Waals surface area contributed by atoms with Crippen molar-refractivity contribution in [2.24, 2.45) is 7.05 Å². The fraction of sp³-hybridized carbons (Fsp3) is 0.548. The molecule has 6 nitrogen and oxygen atoms in total. The number of fused-ring (bicyclic) bond motifs is 2. The number of likely N-dealkylation sites (tertiary alicyclic amines) is 2. The van der Waals surface area contributed by atoms with Crippen LogP contribution < -0.4 is 5.56 Å². The molecule has 1 N–H and O–H groups in total. The first kappa shape index (κ1) is 26.2. The van der Waals surface area contributed by atoms with E-state index >= 15 is 0 Å². The molecule has 1 aliphatic carbocycles. The van der Waals surface area contributed by atoms with Crippen molar-refractivity contribution in [3.05, 3.63) is 57.0 Å². The molecule has 6 rings (SSSR count). The molecule has 0 radical (unpaired) electrons. The van der Waals surface area contributed by atoms with Crippen molar-refractivity contribution in [2.45, 2.75) is 70.1 Å². The number of amides is 1. The Labute approximate surface area is 228 Å². The summed E-state index contributed by atoms with van der Waals surface area (Å²) in [5.74, 6) is -2.05. The van der Waals surface area contributed by atoms with Gasteiger partial charge in [-0.05, 0) is 72.8 Å². The van der Waals surface area contributed by atoms with E-state index in [1.54, 1.807) is 9.47 Å². The Kier molecular flexibility index (Phi) is 6.64. The van der Waals surface area contributed by atoms with Crippen LogP contribution in [-0.2, 0) is 24.7 Å². The third kappa shape index (κ3) is 4.81. The summed E-state index contributed by atoms with van der Waals surface area (Å²) in [4.78, 5) is 32.6. The lowest BCUT2D eigenvalue weighted by Crippen LogP contribution is -2.43. The lowest BCUT2D eigenvalue weighted by Gasteiger charge is -2.33.